The highest BCUT2D eigenvalue weighted by atomic mass is 79.9. The van der Waals surface area contributed by atoms with Gasteiger partial charge in [-0.25, -0.2) is 4.79 Å². The number of aromatic nitrogens is 4. The second-order valence-corrected chi connectivity index (χ2v) is 5.28. The number of aromatic carboxylic acids is 1. The van der Waals surface area contributed by atoms with Crippen LogP contribution in [0.15, 0.2) is 35.1 Å². The molecule has 0 aromatic carbocycles. The zero-order valence-corrected chi connectivity index (χ0v) is 12.1. The maximum atomic E-state index is 11.1. The normalized spacial score (nSPS) is 10.9. The van der Waals surface area contributed by atoms with Gasteiger partial charge in [0.05, 0.1) is 10.6 Å². The molecule has 3 aromatic rings. The average molecular weight is 354 g/mol. The molecular formula is C12H6BrClN4O2. The van der Waals surface area contributed by atoms with Gasteiger partial charge >= 0.3 is 5.97 Å². The molecule has 0 aliphatic rings. The quantitative estimate of drug-likeness (QED) is 0.766. The molecule has 0 unspecified atom stereocenters. The predicted molar refractivity (Wildman–Crippen MR) is 75.9 cm³/mol. The molecule has 0 saturated heterocycles. The van der Waals surface area contributed by atoms with E-state index in [0.717, 1.165) is 4.47 Å². The summed E-state index contributed by atoms with van der Waals surface area (Å²) in [5.41, 5.74) is 1.01. The van der Waals surface area contributed by atoms with Crippen LogP contribution in [-0.4, -0.2) is 30.7 Å². The van der Waals surface area contributed by atoms with Crippen molar-refractivity contribution in [1.29, 1.82) is 0 Å². The number of carbonyl (C=O) groups is 1. The first kappa shape index (κ1) is 13.0. The molecule has 3 heterocycles. The third kappa shape index (κ3) is 2.14. The van der Waals surface area contributed by atoms with Gasteiger partial charge in [0.15, 0.2) is 11.5 Å². The van der Waals surface area contributed by atoms with Crippen LogP contribution in [0.3, 0.4) is 0 Å². The Hall–Kier alpha value is -1.99. The first-order chi connectivity index (χ1) is 9.56. The number of pyridine rings is 2. The fourth-order valence-electron chi connectivity index (χ4n) is 1.75. The van der Waals surface area contributed by atoms with Crippen LogP contribution in [-0.2, 0) is 0 Å². The summed E-state index contributed by atoms with van der Waals surface area (Å²) in [4.78, 5) is 15.3. The van der Waals surface area contributed by atoms with Gasteiger partial charge in [-0.05, 0) is 34.1 Å². The zero-order chi connectivity index (χ0) is 14.3. The fourth-order valence-corrected chi connectivity index (χ4v) is 2.23. The molecule has 0 saturated carbocycles. The Morgan fingerprint density at radius 2 is 2.15 bits per heavy atom. The van der Waals surface area contributed by atoms with Crippen LogP contribution in [0.4, 0.5) is 0 Å². The molecule has 0 aliphatic carbocycles. The Balaban J connectivity index is 2.26. The van der Waals surface area contributed by atoms with Crippen molar-refractivity contribution in [2.24, 2.45) is 0 Å². The van der Waals surface area contributed by atoms with Gasteiger partial charge < -0.3 is 5.11 Å². The Kier molecular flexibility index (Phi) is 3.15. The number of fused-ring (bicyclic) bond motifs is 1. The van der Waals surface area contributed by atoms with Gasteiger partial charge in [0.2, 0.25) is 0 Å². The molecule has 0 aliphatic heterocycles. The average Bonchev–Trinajstić information content (AvgIpc) is 2.84. The molecular weight excluding hydrogens is 348 g/mol. The predicted octanol–water partition coefficient (Wildman–Crippen LogP) is 2.91. The molecule has 8 heteroatoms. The van der Waals surface area contributed by atoms with Crippen LogP contribution in [0.25, 0.3) is 17.2 Å². The molecule has 6 nitrogen and oxygen atoms in total. The summed E-state index contributed by atoms with van der Waals surface area (Å²) in [6, 6.07) is 4.90. The standard InChI is InChI=1S/C12H6BrClN4O2/c13-7-1-2-9(15-4-7)11-17-16-10-8(14)3-6(12(19)20)5-18(10)11/h1-5H,(H,19,20). The van der Waals surface area contributed by atoms with Gasteiger partial charge in [-0.3, -0.25) is 9.38 Å². The second kappa shape index (κ2) is 4.84. The summed E-state index contributed by atoms with van der Waals surface area (Å²) in [6.45, 7) is 0. The maximum absolute atomic E-state index is 11.1. The van der Waals surface area contributed by atoms with E-state index in [0.29, 0.717) is 17.2 Å². The topological polar surface area (TPSA) is 80.4 Å². The number of carboxylic acids is 1. The largest absolute Gasteiger partial charge is 0.478 e. The van der Waals surface area contributed by atoms with Crippen LogP contribution >= 0.6 is 27.5 Å². The Morgan fingerprint density at radius 3 is 2.80 bits per heavy atom. The molecule has 0 spiro atoms. The van der Waals surface area contributed by atoms with E-state index in [2.05, 4.69) is 31.1 Å². The van der Waals surface area contributed by atoms with Gasteiger partial charge in [0, 0.05) is 16.9 Å². The number of hydrogen-bond acceptors (Lipinski definition) is 4. The summed E-state index contributed by atoms with van der Waals surface area (Å²) >= 11 is 9.31. The van der Waals surface area contributed by atoms with Crippen molar-refractivity contribution in [3.05, 3.63) is 45.7 Å². The summed E-state index contributed by atoms with van der Waals surface area (Å²) < 4.78 is 2.35. The minimum atomic E-state index is -1.07. The molecule has 0 atom stereocenters. The van der Waals surface area contributed by atoms with E-state index in [9.17, 15) is 4.79 Å². The molecule has 0 amide bonds. The highest BCUT2D eigenvalue weighted by Crippen LogP contribution is 2.23. The molecule has 100 valence electrons. The Bertz CT molecular complexity index is 816. The fraction of sp³-hybridized carbons (Fsp3) is 0. The molecule has 20 heavy (non-hydrogen) atoms. The van der Waals surface area contributed by atoms with Crippen molar-refractivity contribution in [1.82, 2.24) is 19.6 Å². The molecule has 3 aromatic heterocycles. The number of hydrogen-bond donors (Lipinski definition) is 1. The SMILES string of the molecule is O=C(O)c1cc(Cl)c2nnc(-c3ccc(Br)cn3)n2c1. The van der Waals surface area contributed by atoms with E-state index in [1.807, 2.05) is 6.07 Å². The van der Waals surface area contributed by atoms with Gasteiger partial charge in [-0.2, -0.15) is 0 Å². The monoisotopic (exact) mass is 352 g/mol. The Labute approximate surface area is 126 Å². The van der Waals surface area contributed by atoms with Crippen molar-refractivity contribution < 1.29 is 9.90 Å². The van der Waals surface area contributed by atoms with Crippen LogP contribution in [0.5, 0.6) is 0 Å². The highest BCUT2D eigenvalue weighted by Gasteiger charge is 2.15. The third-order valence-electron chi connectivity index (χ3n) is 2.66. The van der Waals surface area contributed by atoms with Crippen molar-refractivity contribution in [2.45, 2.75) is 0 Å². The van der Waals surface area contributed by atoms with E-state index in [4.69, 9.17) is 16.7 Å². The molecule has 0 radical (unpaired) electrons. The summed E-state index contributed by atoms with van der Waals surface area (Å²) in [7, 11) is 0. The maximum Gasteiger partial charge on any atom is 0.337 e. The lowest BCUT2D eigenvalue weighted by Crippen LogP contribution is -2.00. The van der Waals surface area contributed by atoms with Crippen LogP contribution in [0.1, 0.15) is 10.4 Å². The summed E-state index contributed by atoms with van der Waals surface area (Å²) in [5, 5.41) is 17.3. The lowest BCUT2D eigenvalue weighted by molar-refractivity contribution is 0.0696. The second-order valence-electron chi connectivity index (χ2n) is 3.96. The van der Waals surface area contributed by atoms with Gasteiger partial charge in [-0.15, -0.1) is 10.2 Å². The number of carboxylic acid groups (broad SMARTS) is 1. The summed E-state index contributed by atoms with van der Waals surface area (Å²) in [6.07, 6.45) is 3.04. The van der Waals surface area contributed by atoms with E-state index in [1.165, 1.54) is 16.7 Å². The third-order valence-corrected chi connectivity index (χ3v) is 3.41. The smallest absolute Gasteiger partial charge is 0.337 e. The lowest BCUT2D eigenvalue weighted by atomic mass is 10.3. The van der Waals surface area contributed by atoms with Crippen LogP contribution in [0.2, 0.25) is 5.02 Å². The van der Waals surface area contributed by atoms with Gasteiger partial charge in [0.1, 0.15) is 5.69 Å². The number of nitrogens with zero attached hydrogens (tertiary/aromatic N) is 4. The van der Waals surface area contributed by atoms with Crippen molar-refractivity contribution >= 4 is 39.1 Å². The minimum absolute atomic E-state index is 0.0562. The Morgan fingerprint density at radius 1 is 1.35 bits per heavy atom. The minimum Gasteiger partial charge on any atom is -0.478 e. The number of rotatable bonds is 2. The molecule has 3 rings (SSSR count). The van der Waals surface area contributed by atoms with E-state index >= 15 is 0 Å². The van der Waals surface area contributed by atoms with Crippen molar-refractivity contribution in [3.63, 3.8) is 0 Å². The molecule has 0 bridgehead atoms. The van der Waals surface area contributed by atoms with Crippen LogP contribution in [0, 0.1) is 0 Å². The van der Waals surface area contributed by atoms with Crippen molar-refractivity contribution in [3.8, 4) is 11.5 Å². The number of halogens is 2. The first-order valence-corrected chi connectivity index (χ1v) is 6.63. The van der Waals surface area contributed by atoms with E-state index in [1.54, 1.807) is 12.3 Å². The van der Waals surface area contributed by atoms with E-state index < -0.39 is 5.97 Å². The van der Waals surface area contributed by atoms with Crippen LogP contribution < -0.4 is 0 Å². The summed E-state index contributed by atoms with van der Waals surface area (Å²) in [5.74, 6) is -0.644. The molecule has 0 fully saturated rings. The zero-order valence-electron chi connectivity index (χ0n) is 9.79. The highest BCUT2D eigenvalue weighted by molar-refractivity contribution is 9.10. The molecule has 1 N–H and O–H groups in total. The van der Waals surface area contributed by atoms with Crippen molar-refractivity contribution in [2.75, 3.05) is 0 Å². The van der Waals surface area contributed by atoms with E-state index in [-0.39, 0.29) is 10.6 Å². The van der Waals surface area contributed by atoms with Gasteiger partial charge in [0.25, 0.3) is 0 Å². The first-order valence-electron chi connectivity index (χ1n) is 5.46. The van der Waals surface area contributed by atoms with Gasteiger partial charge in [-0.1, -0.05) is 11.6 Å². The lowest BCUT2D eigenvalue weighted by Gasteiger charge is -2.02.